The van der Waals surface area contributed by atoms with Crippen molar-refractivity contribution in [3.05, 3.63) is 34.9 Å². The van der Waals surface area contributed by atoms with Crippen molar-refractivity contribution in [2.75, 3.05) is 7.05 Å². The average Bonchev–Trinajstić information content (AvgIpc) is 2.68. The van der Waals surface area contributed by atoms with Crippen molar-refractivity contribution in [2.45, 2.75) is 25.8 Å². The zero-order chi connectivity index (χ0) is 10.6. The van der Waals surface area contributed by atoms with Crippen LogP contribution >= 0.6 is 0 Å². The predicted molar refractivity (Wildman–Crippen MR) is 58.5 cm³/mol. The third-order valence-corrected chi connectivity index (χ3v) is 3.93. The maximum absolute atomic E-state index is 11.6. The molecule has 3 rings (SSSR count). The van der Waals surface area contributed by atoms with Gasteiger partial charge in [-0.3, -0.25) is 4.79 Å². The minimum absolute atomic E-state index is 0.303. The van der Waals surface area contributed by atoms with Crippen molar-refractivity contribution >= 4 is 5.91 Å². The number of fused-ring (bicyclic) bond motifs is 3. The molecule has 1 fully saturated rings. The molecule has 2 atom stereocenters. The Bertz CT molecular complexity index is 438. The summed E-state index contributed by atoms with van der Waals surface area (Å²) in [5, 5.41) is 0. The molecule has 1 aromatic rings. The second-order valence-electron chi connectivity index (χ2n) is 4.76. The van der Waals surface area contributed by atoms with Crippen LogP contribution in [-0.2, 0) is 11.2 Å². The lowest BCUT2D eigenvalue weighted by molar-refractivity contribution is -0.127. The summed E-state index contributed by atoms with van der Waals surface area (Å²) < 4.78 is 0. The number of amides is 1. The third-order valence-electron chi connectivity index (χ3n) is 3.93. The van der Waals surface area contributed by atoms with E-state index in [9.17, 15) is 4.79 Å². The second-order valence-corrected chi connectivity index (χ2v) is 4.76. The Hall–Kier alpha value is -1.31. The number of benzene rings is 1. The summed E-state index contributed by atoms with van der Waals surface area (Å²) in [6.07, 6.45) is 1.82. The average molecular weight is 201 g/mol. The van der Waals surface area contributed by atoms with Gasteiger partial charge in [-0.05, 0) is 36.0 Å². The van der Waals surface area contributed by atoms with E-state index < -0.39 is 0 Å². The summed E-state index contributed by atoms with van der Waals surface area (Å²) in [5.74, 6) is 0.829. The highest BCUT2D eigenvalue weighted by Crippen LogP contribution is 2.46. The molecule has 2 unspecified atom stereocenters. The SMILES string of the molecule is Cc1cccc2c1CC1CC(=O)N(C)C21. The fourth-order valence-electron chi connectivity index (χ4n) is 3.14. The van der Waals surface area contributed by atoms with E-state index in [4.69, 9.17) is 0 Å². The van der Waals surface area contributed by atoms with Crippen LogP contribution in [0.1, 0.15) is 29.2 Å². The first-order valence-corrected chi connectivity index (χ1v) is 5.52. The minimum Gasteiger partial charge on any atom is -0.338 e. The molecule has 1 aromatic carbocycles. The van der Waals surface area contributed by atoms with Gasteiger partial charge in [0.2, 0.25) is 5.91 Å². The summed E-state index contributed by atoms with van der Waals surface area (Å²) in [6, 6.07) is 6.81. The van der Waals surface area contributed by atoms with Crippen molar-refractivity contribution in [2.24, 2.45) is 5.92 Å². The lowest BCUT2D eigenvalue weighted by Crippen LogP contribution is -2.22. The molecule has 0 bridgehead atoms. The quantitative estimate of drug-likeness (QED) is 0.629. The van der Waals surface area contributed by atoms with Crippen molar-refractivity contribution in [1.29, 1.82) is 0 Å². The van der Waals surface area contributed by atoms with Gasteiger partial charge in [0.1, 0.15) is 0 Å². The molecule has 78 valence electrons. The van der Waals surface area contributed by atoms with E-state index in [-0.39, 0.29) is 0 Å². The van der Waals surface area contributed by atoms with Crippen molar-refractivity contribution in [3.63, 3.8) is 0 Å². The Labute approximate surface area is 89.9 Å². The highest BCUT2D eigenvalue weighted by Gasteiger charge is 2.43. The van der Waals surface area contributed by atoms with E-state index in [1.807, 2.05) is 11.9 Å². The number of carbonyl (C=O) groups excluding carboxylic acids is 1. The van der Waals surface area contributed by atoms with E-state index in [0.29, 0.717) is 17.9 Å². The molecule has 1 saturated heterocycles. The Morgan fingerprint density at radius 3 is 2.93 bits per heavy atom. The maximum atomic E-state index is 11.6. The molecule has 1 heterocycles. The normalized spacial score (nSPS) is 28.1. The van der Waals surface area contributed by atoms with Crippen LogP contribution in [0, 0.1) is 12.8 Å². The smallest absolute Gasteiger partial charge is 0.223 e. The van der Waals surface area contributed by atoms with Crippen molar-refractivity contribution in [1.82, 2.24) is 4.90 Å². The zero-order valence-electron chi connectivity index (χ0n) is 9.16. The number of rotatable bonds is 0. The zero-order valence-corrected chi connectivity index (χ0v) is 9.16. The molecule has 0 aromatic heterocycles. The van der Waals surface area contributed by atoms with E-state index >= 15 is 0 Å². The molecule has 15 heavy (non-hydrogen) atoms. The van der Waals surface area contributed by atoms with Crippen molar-refractivity contribution in [3.8, 4) is 0 Å². The van der Waals surface area contributed by atoms with Crippen LogP contribution in [0.25, 0.3) is 0 Å². The Morgan fingerprint density at radius 2 is 2.13 bits per heavy atom. The number of aryl methyl sites for hydroxylation is 1. The first-order valence-electron chi connectivity index (χ1n) is 5.52. The number of nitrogens with zero attached hydrogens (tertiary/aromatic N) is 1. The largest absolute Gasteiger partial charge is 0.338 e. The summed E-state index contributed by atoms with van der Waals surface area (Å²) in [7, 11) is 1.93. The molecule has 1 amide bonds. The first-order chi connectivity index (χ1) is 7.18. The molecule has 2 aliphatic rings. The number of carbonyl (C=O) groups is 1. The second kappa shape index (κ2) is 2.84. The van der Waals surface area contributed by atoms with Crippen LogP contribution in [-0.4, -0.2) is 17.9 Å². The molecule has 0 spiro atoms. The van der Waals surface area contributed by atoms with E-state index in [2.05, 4.69) is 25.1 Å². The van der Waals surface area contributed by atoms with Gasteiger partial charge in [-0.15, -0.1) is 0 Å². The van der Waals surface area contributed by atoms with Crippen molar-refractivity contribution < 1.29 is 4.79 Å². The highest BCUT2D eigenvalue weighted by atomic mass is 16.2. The lowest BCUT2D eigenvalue weighted by atomic mass is 10.0. The van der Waals surface area contributed by atoms with Crippen LogP contribution in [0.15, 0.2) is 18.2 Å². The molecular weight excluding hydrogens is 186 g/mol. The summed E-state index contributed by atoms with van der Waals surface area (Å²) in [4.78, 5) is 13.5. The van der Waals surface area contributed by atoms with Gasteiger partial charge < -0.3 is 4.90 Å². The summed E-state index contributed by atoms with van der Waals surface area (Å²) in [5.41, 5.74) is 4.24. The van der Waals surface area contributed by atoms with E-state index in [1.54, 1.807) is 0 Å². The topological polar surface area (TPSA) is 20.3 Å². The van der Waals surface area contributed by atoms with Gasteiger partial charge in [0.05, 0.1) is 6.04 Å². The number of hydrogen-bond donors (Lipinski definition) is 0. The molecule has 2 heteroatoms. The standard InChI is InChI=1S/C13H15NO/c1-8-4-3-5-10-11(8)6-9-7-12(15)14(2)13(9)10/h3-5,9,13H,6-7H2,1-2H3. The molecule has 2 nitrogen and oxygen atoms in total. The fraction of sp³-hybridized carbons (Fsp3) is 0.462. The van der Waals surface area contributed by atoms with Crippen LogP contribution in [0.5, 0.6) is 0 Å². The predicted octanol–water partition coefficient (Wildman–Crippen LogP) is 2.07. The summed E-state index contributed by atoms with van der Waals surface area (Å²) in [6.45, 7) is 2.17. The van der Waals surface area contributed by atoms with Gasteiger partial charge >= 0.3 is 0 Å². The fourth-order valence-corrected chi connectivity index (χ4v) is 3.14. The maximum Gasteiger partial charge on any atom is 0.223 e. The lowest BCUT2D eigenvalue weighted by Gasteiger charge is -2.20. The molecule has 1 aliphatic heterocycles. The Balaban J connectivity index is 2.12. The molecule has 0 radical (unpaired) electrons. The van der Waals surface area contributed by atoms with Crippen LogP contribution < -0.4 is 0 Å². The van der Waals surface area contributed by atoms with Crippen LogP contribution in [0.3, 0.4) is 0 Å². The van der Waals surface area contributed by atoms with E-state index in [0.717, 1.165) is 12.8 Å². The van der Waals surface area contributed by atoms with Crippen LogP contribution in [0.4, 0.5) is 0 Å². The molecular formula is C13H15NO. The van der Waals surface area contributed by atoms with Gasteiger partial charge in [0.25, 0.3) is 0 Å². The Morgan fingerprint density at radius 1 is 1.33 bits per heavy atom. The monoisotopic (exact) mass is 201 g/mol. The van der Waals surface area contributed by atoms with Gasteiger partial charge in [0.15, 0.2) is 0 Å². The third kappa shape index (κ3) is 1.08. The van der Waals surface area contributed by atoms with Gasteiger partial charge in [-0.1, -0.05) is 18.2 Å². The number of likely N-dealkylation sites (tertiary alicyclic amines) is 1. The minimum atomic E-state index is 0.303. The molecule has 1 aliphatic carbocycles. The highest BCUT2D eigenvalue weighted by molar-refractivity contribution is 5.80. The Kier molecular flexibility index (Phi) is 1.70. The van der Waals surface area contributed by atoms with Gasteiger partial charge in [0, 0.05) is 13.5 Å². The van der Waals surface area contributed by atoms with Crippen LogP contribution in [0.2, 0.25) is 0 Å². The van der Waals surface area contributed by atoms with E-state index in [1.165, 1.54) is 16.7 Å². The van der Waals surface area contributed by atoms with Gasteiger partial charge in [-0.2, -0.15) is 0 Å². The molecule has 0 saturated carbocycles. The molecule has 0 N–H and O–H groups in total. The first kappa shape index (κ1) is 8.96. The van der Waals surface area contributed by atoms with Gasteiger partial charge in [-0.25, -0.2) is 0 Å². The summed E-state index contributed by atoms with van der Waals surface area (Å²) >= 11 is 0. The number of hydrogen-bond acceptors (Lipinski definition) is 1.